The number of benzene rings is 2. The van der Waals surface area contributed by atoms with Crippen LogP contribution in [0.3, 0.4) is 0 Å². The second kappa shape index (κ2) is 7.76. The normalized spacial score (nSPS) is 10.8. The molecule has 30 heavy (non-hydrogen) atoms. The lowest BCUT2D eigenvalue weighted by molar-refractivity contribution is 1.10. The second-order valence-corrected chi connectivity index (χ2v) is 7.26. The van der Waals surface area contributed by atoms with Crippen molar-refractivity contribution in [2.24, 2.45) is 0 Å². The average Bonchev–Trinajstić information content (AvgIpc) is 3.31. The molecule has 0 bridgehead atoms. The lowest BCUT2D eigenvalue weighted by Crippen LogP contribution is -1.86. The van der Waals surface area contributed by atoms with Crippen LogP contribution in [0.25, 0.3) is 45.0 Å². The van der Waals surface area contributed by atoms with Gasteiger partial charge in [0, 0.05) is 34.6 Å². The Morgan fingerprint density at radius 2 is 1.20 bits per heavy atom. The van der Waals surface area contributed by atoms with Gasteiger partial charge in [-0.05, 0) is 37.3 Å². The maximum absolute atomic E-state index is 4.54. The lowest BCUT2D eigenvalue weighted by Gasteiger charge is -2.04. The molecule has 0 aliphatic rings. The monoisotopic (exact) mass is 388 g/mol. The van der Waals surface area contributed by atoms with E-state index >= 15 is 0 Å². The molecule has 144 valence electrons. The molecule has 0 unspecified atom stereocenters. The molecule has 4 heteroatoms. The average molecular weight is 388 g/mol. The summed E-state index contributed by atoms with van der Waals surface area (Å²) in [6, 6.07) is 28.8. The number of pyridine rings is 2. The number of nitrogens with one attached hydrogen (secondary N) is 1. The van der Waals surface area contributed by atoms with Gasteiger partial charge in [0.1, 0.15) is 0 Å². The van der Waals surface area contributed by atoms with Crippen molar-refractivity contribution in [1.29, 1.82) is 0 Å². The first-order chi connectivity index (χ1) is 14.8. The van der Waals surface area contributed by atoms with E-state index in [4.69, 9.17) is 0 Å². The van der Waals surface area contributed by atoms with Crippen molar-refractivity contribution in [2.75, 3.05) is 0 Å². The first-order valence-corrected chi connectivity index (χ1v) is 9.87. The van der Waals surface area contributed by atoms with Crippen molar-refractivity contribution in [2.45, 2.75) is 6.92 Å². The highest BCUT2D eigenvalue weighted by molar-refractivity contribution is 5.73. The molecule has 0 fully saturated rings. The highest BCUT2D eigenvalue weighted by Gasteiger charge is 2.09. The number of H-pyrrole nitrogens is 1. The fourth-order valence-electron chi connectivity index (χ4n) is 3.45. The summed E-state index contributed by atoms with van der Waals surface area (Å²) in [6.45, 7) is 2.08. The van der Waals surface area contributed by atoms with Gasteiger partial charge in [-0.3, -0.25) is 15.1 Å². The lowest BCUT2D eigenvalue weighted by atomic mass is 10.0. The van der Waals surface area contributed by atoms with Crippen LogP contribution in [-0.4, -0.2) is 20.2 Å². The summed E-state index contributed by atoms with van der Waals surface area (Å²) in [4.78, 5) is 9.04. The molecular weight excluding hydrogens is 368 g/mol. The van der Waals surface area contributed by atoms with Crippen molar-refractivity contribution in [1.82, 2.24) is 20.2 Å². The third-order valence-corrected chi connectivity index (χ3v) is 5.12. The minimum Gasteiger partial charge on any atom is -0.277 e. The third-order valence-electron chi connectivity index (χ3n) is 5.12. The Hall–Kier alpha value is -4.05. The quantitative estimate of drug-likeness (QED) is 0.400. The fraction of sp³-hybridized carbons (Fsp3) is 0.0385. The summed E-state index contributed by atoms with van der Waals surface area (Å²) in [5, 5.41) is 7.71. The van der Waals surface area contributed by atoms with Gasteiger partial charge in [0.15, 0.2) is 0 Å². The van der Waals surface area contributed by atoms with Crippen molar-refractivity contribution in [3.05, 3.63) is 103 Å². The fourth-order valence-corrected chi connectivity index (χ4v) is 3.45. The molecule has 0 radical (unpaired) electrons. The zero-order valence-electron chi connectivity index (χ0n) is 16.6. The van der Waals surface area contributed by atoms with Gasteiger partial charge in [-0.15, -0.1) is 0 Å². The zero-order valence-corrected chi connectivity index (χ0v) is 16.6. The minimum atomic E-state index is 0.888. The van der Waals surface area contributed by atoms with Crippen molar-refractivity contribution >= 4 is 0 Å². The number of aromatic nitrogens is 4. The molecule has 3 heterocycles. The molecule has 4 nitrogen and oxygen atoms in total. The zero-order chi connectivity index (χ0) is 20.3. The van der Waals surface area contributed by atoms with Gasteiger partial charge >= 0.3 is 0 Å². The first-order valence-electron chi connectivity index (χ1n) is 9.87. The molecule has 0 atom stereocenters. The van der Waals surface area contributed by atoms with Crippen molar-refractivity contribution in [3.63, 3.8) is 0 Å². The first kappa shape index (κ1) is 18.0. The van der Waals surface area contributed by atoms with Gasteiger partial charge in [-0.25, -0.2) is 0 Å². The highest BCUT2D eigenvalue weighted by Crippen LogP contribution is 2.28. The van der Waals surface area contributed by atoms with Crippen LogP contribution in [0.1, 0.15) is 5.56 Å². The van der Waals surface area contributed by atoms with E-state index < -0.39 is 0 Å². The number of hydrogen-bond donors (Lipinski definition) is 1. The summed E-state index contributed by atoms with van der Waals surface area (Å²) in [6.07, 6.45) is 3.67. The van der Waals surface area contributed by atoms with E-state index in [9.17, 15) is 0 Å². The maximum Gasteiger partial charge on any atom is 0.0928 e. The Labute approximate surface area is 175 Å². The second-order valence-electron chi connectivity index (χ2n) is 7.26. The molecule has 0 amide bonds. The molecule has 5 aromatic rings. The van der Waals surface area contributed by atoms with Crippen LogP contribution in [0.2, 0.25) is 0 Å². The van der Waals surface area contributed by atoms with Gasteiger partial charge in [0.2, 0.25) is 0 Å². The van der Waals surface area contributed by atoms with E-state index in [-0.39, 0.29) is 0 Å². The Bertz CT molecular complexity index is 1290. The smallest absolute Gasteiger partial charge is 0.0928 e. The summed E-state index contributed by atoms with van der Waals surface area (Å²) in [5.74, 6) is 0. The molecule has 5 rings (SSSR count). The predicted octanol–water partition coefficient (Wildman–Crippen LogP) is 6.18. The largest absolute Gasteiger partial charge is 0.277 e. The highest BCUT2D eigenvalue weighted by atomic mass is 15.1. The van der Waals surface area contributed by atoms with Crippen LogP contribution in [0.4, 0.5) is 0 Å². The topological polar surface area (TPSA) is 54.5 Å². The molecule has 0 saturated heterocycles. The van der Waals surface area contributed by atoms with Gasteiger partial charge in [0.05, 0.1) is 22.8 Å². The van der Waals surface area contributed by atoms with E-state index in [1.165, 1.54) is 5.56 Å². The molecule has 0 aliphatic carbocycles. The number of aryl methyl sites for hydroxylation is 1. The van der Waals surface area contributed by atoms with Crippen LogP contribution < -0.4 is 0 Å². The van der Waals surface area contributed by atoms with Gasteiger partial charge in [-0.2, -0.15) is 5.10 Å². The van der Waals surface area contributed by atoms with Gasteiger partial charge in [0.25, 0.3) is 0 Å². The van der Waals surface area contributed by atoms with Crippen LogP contribution in [0, 0.1) is 6.92 Å². The third kappa shape index (κ3) is 3.63. The van der Waals surface area contributed by atoms with Crippen molar-refractivity contribution < 1.29 is 0 Å². The minimum absolute atomic E-state index is 0.888. The Morgan fingerprint density at radius 3 is 1.93 bits per heavy atom. The molecule has 0 saturated carbocycles. The molecule has 1 N–H and O–H groups in total. The standard InChI is InChI=1S/C26H20N4/c1-18-7-9-20(10-8-18)24-16-22(12-14-28-24)26-17-25(29-30-26)21-11-13-27-23(15-21)19-5-3-2-4-6-19/h2-17H,1H3,(H,29,30). The van der Waals surface area contributed by atoms with E-state index in [0.29, 0.717) is 0 Å². The molecule has 0 aliphatic heterocycles. The predicted molar refractivity (Wildman–Crippen MR) is 121 cm³/mol. The summed E-state index contributed by atoms with van der Waals surface area (Å²) in [7, 11) is 0. The Kier molecular flexibility index (Phi) is 4.66. The summed E-state index contributed by atoms with van der Waals surface area (Å²) >= 11 is 0. The van der Waals surface area contributed by atoms with E-state index in [1.807, 2.05) is 42.7 Å². The summed E-state index contributed by atoms with van der Waals surface area (Å²) in [5.41, 5.74) is 9.23. The Morgan fingerprint density at radius 1 is 0.567 bits per heavy atom. The molecular formula is C26H20N4. The van der Waals surface area contributed by atoms with Crippen molar-refractivity contribution in [3.8, 4) is 45.0 Å². The molecule has 3 aromatic heterocycles. The van der Waals surface area contributed by atoms with Gasteiger partial charge < -0.3 is 0 Å². The van der Waals surface area contributed by atoms with E-state index in [2.05, 4.69) is 81.7 Å². The maximum atomic E-state index is 4.54. The SMILES string of the molecule is Cc1ccc(-c2cc(-c3cc(-c4ccnc(-c5ccccc5)c4)[nH]n3)ccn2)cc1. The van der Waals surface area contributed by atoms with Crippen LogP contribution in [-0.2, 0) is 0 Å². The van der Waals surface area contributed by atoms with Crippen LogP contribution in [0.5, 0.6) is 0 Å². The van der Waals surface area contributed by atoms with Gasteiger partial charge in [-0.1, -0.05) is 60.2 Å². The number of nitrogens with zero attached hydrogens (tertiary/aromatic N) is 3. The van der Waals surface area contributed by atoms with E-state index in [0.717, 1.165) is 45.0 Å². The number of aromatic amines is 1. The summed E-state index contributed by atoms with van der Waals surface area (Å²) < 4.78 is 0. The molecule has 2 aromatic carbocycles. The number of rotatable bonds is 4. The van der Waals surface area contributed by atoms with E-state index in [1.54, 1.807) is 0 Å². The Balaban J connectivity index is 1.47. The number of hydrogen-bond acceptors (Lipinski definition) is 3. The van der Waals surface area contributed by atoms with Crippen LogP contribution >= 0.6 is 0 Å². The van der Waals surface area contributed by atoms with Crippen LogP contribution in [0.15, 0.2) is 97.3 Å². The molecule has 0 spiro atoms.